The molecule has 22 heavy (non-hydrogen) atoms. The van der Waals surface area contributed by atoms with Crippen molar-refractivity contribution in [1.29, 1.82) is 0 Å². The zero-order valence-corrected chi connectivity index (χ0v) is 14.2. The smallest absolute Gasteiger partial charge is 0.119 e. The van der Waals surface area contributed by atoms with Gasteiger partial charge in [-0.3, -0.25) is 0 Å². The van der Waals surface area contributed by atoms with Gasteiger partial charge < -0.3 is 10.5 Å². The average molecular weight is 313 g/mol. The maximum Gasteiger partial charge on any atom is 0.119 e. The predicted octanol–water partition coefficient (Wildman–Crippen LogP) is 4.59. The van der Waals surface area contributed by atoms with Gasteiger partial charge in [0.05, 0.1) is 0 Å². The number of nitrogens with two attached hydrogens (primary N) is 1. The van der Waals surface area contributed by atoms with Crippen LogP contribution < -0.4 is 10.5 Å². The Morgan fingerprint density at radius 2 is 1.73 bits per heavy atom. The van der Waals surface area contributed by atoms with E-state index in [0.29, 0.717) is 11.6 Å². The molecule has 0 aromatic heterocycles. The number of thiocarbonyl (C=S) groups is 1. The van der Waals surface area contributed by atoms with Crippen molar-refractivity contribution < 1.29 is 4.74 Å². The second-order valence-electron chi connectivity index (χ2n) is 6.07. The van der Waals surface area contributed by atoms with Gasteiger partial charge in [-0.1, -0.05) is 69.4 Å². The monoisotopic (exact) mass is 313 g/mol. The minimum absolute atomic E-state index is 0.191. The topological polar surface area (TPSA) is 35.2 Å². The van der Waals surface area contributed by atoms with Crippen LogP contribution in [0.1, 0.15) is 43.9 Å². The van der Waals surface area contributed by atoms with Crippen LogP contribution in [0.5, 0.6) is 5.75 Å². The molecule has 0 atom stereocenters. The molecule has 0 unspecified atom stereocenters. The third-order valence-electron chi connectivity index (χ3n) is 4.20. The van der Waals surface area contributed by atoms with Crippen LogP contribution in [0.4, 0.5) is 0 Å². The van der Waals surface area contributed by atoms with E-state index < -0.39 is 0 Å². The van der Waals surface area contributed by atoms with E-state index in [2.05, 4.69) is 32.9 Å². The third-order valence-corrected chi connectivity index (χ3v) is 4.42. The van der Waals surface area contributed by atoms with Crippen LogP contribution in [-0.4, -0.2) is 4.99 Å². The van der Waals surface area contributed by atoms with Crippen LogP contribution in [0.15, 0.2) is 48.5 Å². The van der Waals surface area contributed by atoms with Gasteiger partial charge in [-0.05, 0) is 35.1 Å². The Hall–Kier alpha value is -1.87. The molecule has 2 aromatic carbocycles. The number of ether oxygens (including phenoxy) is 1. The SMILES string of the molecule is CCC(C)(C)c1ccc(OCc2ccccc2C(N)=S)cc1. The summed E-state index contributed by atoms with van der Waals surface area (Å²) in [6.45, 7) is 7.17. The summed E-state index contributed by atoms with van der Waals surface area (Å²) in [5.74, 6) is 0.855. The normalized spacial score (nSPS) is 11.2. The highest BCUT2D eigenvalue weighted by Gasteiger charge is 2.17. The molecular weight excluding hydrogens is 290 g/mol. The molecule has 0 saturated heterocycles. The molecule has 0 spiro atoms. The molecule has 2 N–H and O–H groups in total. The lowest BCUT2D eigenvalue weighted by molar-refractivity contribution is 0.305. The zero-order chi connectivity index (χ0) is 16.2. The number of rotatable bonds is 6. The van der Waals surface area contributed by atoms with E-state index in [1.54, 1.807) is 0 Å². The van der Waals surface area contributed by atoms with Crippen molar-refractivity contribution in [2.75, 3.05) is 0 Å². The van der Waals surface area contributed by atoms with Crippen molar-refractivity contribution in [2.24, 2.45) is 5.73 Å². The number of benzene rings is 2. The van der Waals surface area contributed by atoms with Crippen LogP contribution in [0, 0.1) is 0 Å². The predicted molar refractivity (Wildman–Crippen MR) is 96.4 cm³/mol. The molecule has 0 bridgehead atoms. The fraction of sp³-hybridized carbons (Fsp3) is 0.316. The van der Waals surface area contributed by atoms with E-state index in [-0.39, 0.29) is 5.41 Å². The summed E-state index contributed by atoms with van der Waals surface area (Å²) >= 11 is 5.07. The molecule has 2 nitrogen and oxygen atoms in total. The lowest BCUT2D eigenvalue weighted by atomic mass is 9.82. The fourth-order valence-electron chi connectivity index (χ4n) is 2.25. The van der Waals surface area contributed by atoms with E-state index in [9.17, 15) is 0 Å². The lowest BCUT2D eigenvalue weighted by Gasteiger charge is -2.23. The van der Waals surface area contributed by atoms with E-state index >= 15 is 0 Å². The molecule has 0 aliphatic carbocycles. The molecule has 0 aliphatic heterocycles. The van der Waals surface area contributed by atoms with Crippen molar-refractivity contribution in [2.45, 2.75) is 39.2 Å². The van der Waals surface area contributed by atoms with Gasteiger partial charge in [-0.2, -0.15) is 0 Å². The standard InChI is InChI=1S/C19H23NOS/c1-4-19(2,3)15-9-11-16(12-10-15)21-13-14-7-5-6-8-17(14)18(20)22/h5-12H,4,13H2,1-3H3,(H2,20,22). The fourth-order valence-corrected chi connectivity index (χ4v) is 2.45. The highest BCUT2D eigenvalue weighted by molar-refractivity contribution is 7.80. The molecule has 0 fully saturated rings. The Kier molecular flexibility index (Phi) is 5.19. The number of hydrogen-bond acceptors (Lipinski definition) is 2. The molecule has 2 rings (SSSR count). The molecule has 2 aromatic rings. The van der Waals surface area contributed by atoms with Crippen molar-refractivity contribution in [3.05, 3.63) is 65.2 Å². The van der Waals surface area contributed by atoms with E-state index in [1.165, 1.54) is 5.56 Å². The summed E-state index contributed by atoms with van der Waals surface area (Å²) in [6, 6.07) is 16.1. The van der Waals surface area contributed by atoms with Gasteiger partial charge in [0, 0.05) is 5.56 Å². The Bertz CT molecular complexity index is 647. The molecule has 0 radical (unpaired) electrons. The van der Waals surface area contributed by atoms with Crippen LogP contribution >= 0.6 is 12.2 Å². The Labute approximate surface area is 138 Å². The summed E-state index contributed by atoms with van der Waals surface area (Å²) in [6.07, 6.45) is 1.11. The van der Waals surface area contributed by atoms with Crippen molar-refractivity contribution in [1.82, 2.24) is 0 Å². The molecular formula is C19H23NOS. The van der Waals surface area contributed by atoms with Crippen LogP contribution in [0.2, 0.25) is 0 Å². The minimum Gasteiger partial charge on any atom is -0.489 e. The summed E-state index contributed by atoms with van der Waals surface area (Å²) in [7, 11) is 0. The largest absolute Gasteiger partial charge is 0.489 e. The molecule has 0 amide bonds. The average Bonchev–Trinajstić information content (AvgIpc) is 2.53. The maximum absolute atomic E-state index is 5.87. The van der Waals surface area contributed by atoms with Crippen LogP contribution in [0.25, 0.3) is 0 Å². The summed E-state index contributed by atoms with van der Waals surface area (Å²) in [4.78, 5) is 0.402. The number of hydrogen-bond donors (Lipinski definition) is 1. The van der Waals surface area contributed by atoms with E-state index in [0.717, 1.165) is 23.3 Å². The first-order valence-electron chi connectivity index (χ1n) is 7.55. The molecule has 0 heterocycles. The van der Waals surface area contributed by atoms with Crippen molar-refractivity contribution in [3.63, 3.8) is 0 Å². The lowest BCUT2D eigenvalue weighted by Crippen LogP contribution is -2.15. The summed E-state index contributed by atoms with van der Waals surface area (Å²) in [5.41, 5.74) is 9.14. The van der Waals surface area contributed by atoms with Gasteiger partial charge in [0.15, 0.2) is 0 Å². The van der Waals surface area contributed by atoms with E-state index in [4.69, 9.17) is 22.7 Å². The van der Waals surface area contributed by atoms with Crippen LogP contribution in [-0.2, 0) is 12.0 Å². The van der Waals surface area contributed by atoms with Crippen molar-refractivity contribution >= 4 is 17.2 Å². The second kappa shape index (κ2) is 6.93. The highest BCUT2D eigenvalue weighted by Crippen LogP contribution is 2.28. The third kappa shape index (κ3) is 3.86. The van der Waals surface area contributed by atoms with Crippen LogP contribution in [0.3, 0.4) is 0 Å². The van der Waals surface area contributed by atoms with Crippen molar-refractivity contribution in [3.8, 4) is 5.75 Å². The first kappa shape index (κ1) is 16.5. The Morgan fingerprint density at radius 1 is 1.09 bits per heavy atom. The van der Waals surface area contributed by atoms with Gasteiger partial charge in [0.1, 0.15) is 17.3 Å². The first-order valence-corrected chi connectivity index (χ1v) is 7.96. The van der Waals surface area contributed by atoms with Gasteiger partial charge in [0.25, 0.3) is 0 Å². The maximum atomic E-state index is 5.87. The molecule has 0 saturated carbocycles. The van der Waals surface area contributed by atoms with E-state index in [1.807, 2.05) is 36.4 Å². The zero-order valence-electron chi connectivity index (χ0n) is 13.4. The van der Waals surface area contributed by atoms with Gasteiger partial charge in [-0.15, -0.1) is 0 Å². The summed E-state index contributed by atoms with van der Waals surface area (Å²) < 4.78 is 5.87. The molecule has 116 valence electrons. The van der Waals surface area contributed by atoms with Gasteiger partial charge in [0.2, 0.25) is 0 Å². The second-order valence-corrected chi connectivity index (χ2v) is 6.51. The Morgan fingerprint density at radius 3 is 2.32 bits per heavy atom. The highest BCUT2D eigenvalue weighted by atomic mass is 32.1. The van der Waals surface area contributed by atoms with Gasteiger partial charge >= 0.3 is 0 Å². The first-order chi connectivity index (χ1) is 10.4. The van der Waals surface area contributed by atoms with Gasteiger partial charge in [-0.25, -0.2) is 0 Å². The summed E-state index contributed by atoms with van der Waals surface area (Å²) in [5, 5.41) is 0. The molecule has 0 aliphatic rings. The Balaban J connectivity index is 2.08. The minimum atomic E-state index is 0.191. The quantitative estimate of drug-likeness (QED) is 0.792. The molecule has 3 heteroatoms.